The normalized spacial score (nSPS) is 45.8. The van der Waals surface area contributed by atoms with Crippen LogP contribution in [0.25, 0.3) is 0 Å². The Kier molecular flexibility index (Phi) is 4.40. The molecule has 1 saturated carbocycles. The van der Waals surface area contributed by atoms with Gasteiger partial charge in [-0.2, -0.15) is 0 Å². The first-order valence-corrected chi connectivity index (χ1v) is 9.63. The average molecular weight is 350 g/mol. The molecule has 0 radical (unpaired) electrons. The van der Waals surface area contributed by atoms with Crippen LogP contribution in [-0.2, 0) is 14.3 Å². The molecule has 0 amide bonds. The Morgan fingerprint density at radius 2 is 1.96 bits per heavy atom. The summed E-state index contributed by atoms with van der Waals surface area (Å²) in [6.45, 7) is 11.0. The molecule has 1 N–H and O–H groups in total. The van der Waals surface area contributed by atoms with Crippen molar-refractivity contribution in [3.63, 3.8) is 0 Å². The number of ether oxygens (including phenoxy) is 2. The van der Waals surface area contributed by atoms with E-state index in [-0.39, 0.29) is 28.5 Å². The molecule has 5 unspecified atom stereocenters. The highest BCUT2D eigenvalue weighted by Crippen LogP contribution is 2.66. The molecule has 1 aliphatic heterocycles. The van der Waals surface area contributed by atoms with Gasteiger partial charge in [0, 0.05) is 5.41 Å². The fourth-order valence-corrected chi connectivity index (χ4v) is 6.14. The summed E-state index contributed by atoms with van der Waals surface area (Å²) < 4.78 is 11.7. The smallest absolute Gasteiger partial charge is 0.308 e. The van der Waals surface area contributed by atoms with Crippen LogP contribution in [0.4, 0.5) is 0 Å². The zero-order chi connectivity index (χ0) is 18.7. The van der Waals surface area contributed by atoms with Crippen molar-refractivity contribution in [3.8, 4) is 0 Å². The van der Waals surface area contributed by atoms with Crippen molar-refractivity contribution >= 4 is 5.97 Å². The van der Waals surface area contributed by atoms with Crippen LogP contribution in [0.2, 0.25) is 0 Å². The molecule has 142 valence electrons. The monoisotopic (exact) mass is 350 g/mol. The predicted octanol–water partition coefficient (Wildman–Crippen LogP) is 4.01. The first-order chi connectivity index (χ1) is 11.5. The summed E-state index contributed by atoms with van der Waals surface area (Å²) in [5.74, 6) is 0.158. The fraction of sp³-hybridized carbons (Fsp3) is 0.857. The highest BCUT2D eigenvalue weighted by atomic mass is 16.5. The van der Waals surface area contributed by atoms with Gasteiger partial charge in [0.25, 0.3) is 0 Å². The van der Waals surface area contributed by atoms with Gasteiger partial charge in [0.2, 0.25) is 0 Å². The molecule has 1 spiro atoms. The summed E-state index contributed by atoms with van der Waals surface area (Å²) in [7, 11) is 1.44. The number of aliphatic hydroxyl groups is 1. The summed E-state index contributed by atoms with van der Waals surface area (Å²) in [5, 5.41) is 10.6. The topological polar surface area (TPSA) is 55.8 Å². The number of allylic oxidation sites excluding steroid dienone is 1. The summed E-state index contributed by atoms with van der Waals surface area (Å²) in [6.07, 6.45) is 6.90. The molecule has 0 bridgehead atoms. The van der Waals surface area contributed by atoms with Crippen molar-refractivity contribution < 1.29 is 19.4 Å². The quantitative estimate of drug-likeness (QED) is 0.604. The maximum Gasteiger partial charge on any atom is 0.308 e. The van der Waals surface area contributed by atoms with Gasteiger partial charge in [-0.1, -0.05) is 26.8 Å². The molecular weight excluding hydrogens is 316 g/mol. The van der Waals surface area contributed by atoms with Crippen molar-refractivity contribution in [2.24, 2.45) is 16.7 Å². The second kappa shape index (κ2) is 5.82. The van der Waals surface area contributed by atoms with Crippen molar-refractivity contribution in [1.29, 1.82) is 0 Å². The van der Waals surface area contributed by atoms with E-state index in [1.807, 2.05) is 6.92 Å². The van der Waals surface area contributed by atoms with Gasteiger partial charge in [0.15, 0.2) is 0 Å². The third-order valence-electron chi connectivity index (χ3n) is 7.85. The number of esters is 1. The van der Waals surface area contributed by atoms with Crippen molar-refractivity contribution in [2.45, 2.75) is 90.4 Å². The highest BCUT2D eigenvalue weighted by molar-refractivity contribution is 5.70. The summed E-state index contributed by atoms with van der Waals surface area (Å²) in [4.78, 5) is 11.9. The van der Waals surface area contributed by atoms with Crippen LogP contribution in [0.5, 0.6) is 0 Å². The zero-order valence-electron chi connectivity index (χ0n) is 16.6. The number of carbonyl (C=O) groups is 1. The van der Waals surface area contributed by atoms with Crippen LogP contribution in [-0.4, -0.2) is 35.5 Å². The Hall–Kier alpha value is -0.870. The largest absolute Gasteiger partial charge is 0.469 e. The molecule has 3 rings (SSSR count). The number of methoxy groups -OCH3 is 1. The van der Waals surface area contributed by atoms with E-state index >= 15 is 0 Å². The minimum atomic E-state index is -0.479. The summed E-state index contributed by atoms with van der Waals surface area (Å²) >= 11 is 0. The summed E-state index contributed by atoms with van der Waals surface area (Å²) in [6, 6.07) is 0. The molecule has 0 aromatic carbocycles. The second-order valence-electron chi connectivity index (χ2n) is 9.60. The number of fused-ring (bicyclic) bond motifs is 2. The lowest BCUT2D eigenvalue weighted by atomic mass is 9.46. The molecule has 2 aliphatic carbocycles. The first kappa shape index (κ1) is 18.9. The van der Waals surface area contributed by atoms with E-state index in [1.165, 1.54) is 12.7 Å². The van der Waals surface area contributed by atoms with Crippen LogP contribution in [0, 0.1) is 16.7 Å². The van der Waals surface area contributed by atoms with Gasteiger partial charge in [-0.25, -0.2) is 0 Å². The third kappa shape index (κ3) is 2.59. The van der Waals surface area contributed by atoms with E-state index in [2.05, 4.69) is 33.8 Å². The van der Waals surface area contributed by atoms with Gasteiger partial charge in [0.1, 0.15) is 0 Å². The minimum absolute atomic E-state index is 0.0254. The van der Waals surface area contributed by atoms with Gasteiger partial charge < -0.3 is 14.6 Å². The van der Waals surface area contributed by atoms with E-state index < -0.39 is 5.60 Å². The van der Waals surface area contributed by atoms with E-state index in [1.54, 1.807) is 0 Å². The maximum atomic E-state index is 11.9. The molecular formula is C21H34O4. The Labute approximate surface area is 152 Å². The van der Waals surface area contributed by atoms with Crippen LogP contribution >= 0.6 is 0 Å². The Morgan fingerprint density at radius 3 is 2.60 bits per heavy atom. The molecule has 2 fully saturated rings. The Bertz CT molecular complexity index is 595. The maximum absolute atomic E-state index is 11.9. The van der Waals surface area contributed by atoms with E-state index in [0.29, 0.717) is 12.3 Å². The van der Waals surface area contributed by atoms with Crippen molar-refractivity contribution in [2.75, 3.05) is 7.11 Å². The molecule has 4 nitrogen and oxygen atoms in total. The Morgan fingerprint density at radius 1 is 1.28 bits per heavy atom. The highest BCUT2D eigenvalue weighted by Gasteiger charge is 2.66. The van der Waals surface area contributed by atoms with E-state index in [4.69, 9.17) is 9.47 Å². The molecule has 4 heteroatoms. The molecule has 0 aromatic rings. The molecule has 3 aliphatic rings. The number of hydrogen-bond acceptors (Lipinski definition) is 4. The van der Waals surface area contributed by atoms with Crippen molar-refractivity contribution in [3.05, 3.63) is 11.6 Å². The molecule has 0 aromatic heterocycles. The number of aliphatic hydroxyl groups excluding tert-OH is 1. The second-order valence-corrected chi connectivity index (χ2v) is 9.60. The van der Waals surface area contributed by atoms with E-state index in [9.17, 15) is 9.90 Å². The zero-order valence-corrected chi connectivity index (χ0v) is 16.6. The number of carbonyl (C=O) groups excluding carboxylic acids is 1. The van der Waals surface area contributed by atoms with Crippen molar-refractivity contribution in [1.82, 2.24) is 0 Å². The molecule has 25 heavy (non-hydrogen) atoms. The minimum Gasteiger partial charge on any atom is -0.469 e. The fourth-order valence-electron chi connectivity index (χ4n) is 6.14. The van der Waals surface area contributed by atoms with Crippen LogP contribution in [0.1, 0.15) is 73.1 Å². The molecule has 1 saturated heterocycles. The Balaban J connectivity index is 1.99. The lowest BCUT2D eigenvalue weighted by molar-refractivity contribution is -0.210. The van der Waals surface area contributed by atoms with E-state index in [0.717, 1.165) is 32.1 Å². The molecule has 5 atom stereocenters. The van der Waals surface area contributed by atoms with Crippen LogP contribution in [0.3, 0.4) is 0 Å². The third-order valence-corrected chi connectivity index (χ3v) is 7.85. The van der Waals surface area contributed by atoms with Gasteiger partial charge in [-0.3, -0.25) is 4.79 Å². The molecule has 1 heterocycles. The predicted molar refractivity (Wildman–Crippen MR) is 97.1 cm³/mol. The average Bonchev–Trinajstić information content (AvgIpc) is 2.88. The van der Waals surface area contributed by atoms with Gasteiger partial charge in [0.05, 0.1) is 30.8 Å². The van der Waals surface area contributed by atoms with Gasteiger partial charge in [-0.05, 0) is 62.9 Å². The SMILES string of the molecule is COC(=O)CC1(C)CCC2(O1)C(C)=CCC1C(C)(C)C(O)CCC12C. The number of rotatable bonds is 2. The summed E-state index contributed by atoms with van der Waals surface area (Å²) in [5.41, 5.74) is 0.320. The van der Waals surface area contributed by atoms with Gasteiger partial charge >= 0.3 is 5.97 Å². The lowest BCUT2D eigenvalue weighted by Gasteiger charge is -2.62. The van der Waals surface area contributed by atoms with Gasteiger partial charge in [-0.15, -0.1) is 0 Å². The van der Waals surface area contributed by atoms with Crippen LogP contribution < -0.4 is 0 Å². The lowest BCUT2D eigenvalue weighted by Crippen LogP contribution is -2.62. The first-order valence-electron chi connectivity index (χ1n) is 9.63. The number of hydrogen-bond donors (Lipinski definition) is 1. The standard InChI is InChI=1S/C21H34O4/c1-14-7-8-15-18(2,3)16(22)9-10-20(15,5)21(14)12-11-19(4,25-21)13-17(23)24-6/h7,15-16,22H,8-13H2,1-6H3. The van der Waals surface area contributed by atoms with Crippen LogP contribution in [0.15, 0.2) is 11.6 Å².